The predicted molar refractivity (Wildman–Crippen MR) is 34.7 cm³/mol. The van der Waals surface area contributed by atoms with Crippen molar-refractivity contribution in [2.75, 3.05) is 5.08 Å². The molecule has 8 heteroatoms. The third-order valence-corrected chi connectivity index (χ3v) is 2.68. The van der Waals surface area contributed by atoms with Crippen molar-refractivity contribution in [3.63, 3.8) is 0 Å². The molecular weight excluding hydrogens is 184 g/mol. The lowest BCUT2D eigenvalue weighted by molar-refractivity contribution is 0.471. The topological polar surface area (TPSA) is 109 Å². The zero-order chi connectivity index (χ0) is 7.71. The average molecular weight is 192 g/mol. The van der Waals surface area contributed by atoms with Gasteiger partial charge in [-0.1, -0.05) is 7.43 Å². The highest BCUT2D eigenvalue weighted by Gasteiger charge is 2.15. The van der Waals surface area contributed by atoms with Crippen LogP contribution in [0, 0.1) is 0 Å². The Balaban J connectivity index is 0. The van der Waals surface area contributed by atoms with Crippen LogP contribution in [0.2, 0.25) is 0 Å². The maximum atomic E-state index is 9.66. The molecule has 0 unspecified atom stereocenters. The summed E-state index contributed by atoms with van der Waals surface area (Å²) >= 11 is 0. The van der Waals surface area contributed by atoms with Gasteiger partial charge in [-0.3, -0.25) is 9.11 Å². The van der Waals surface area contributed by atoms with Crippen LogP contribution in [-0.2, 0) is 20.2 Å². The highest BCUT2D eigenvalue weighted by Crippen LogP contribution is 1.88. The van der Waals surface area contributed by atoms with E-state index in [1.807, 2.05) is 0 Å². The van der Waals surface area contributed by atoms with Crippen LogP contribution in [0.15, 0.2) is 0 Å². The van der Waals surface area contributed by atoms with Crippen LogP contribution in [0.5, 0.6) is 0 Å². The van der Waals surface area contributed by atoms with Gasteiger partial charge in [0.15, 0.2) is 0 Å². The molecule has 0 aromatic heterocycles. The van der Waals surface area contributed by atoms with E-state index in [2.05, 4.69) is 0 Å². The molecular formula is C2H8O6S2. The van der Waals surface area contributed by atoms with Crippen molar-refractivity contribution in [2.45, 2.75) is 7.43 Å². The first-order valence-corrected chi connectivity index (χ1v) is 4.83. The minimum atomic E-state index is -4.62. The second-order valence-corrected chi connectivity index (χ2v) is 4.55. The predicted octanol–water partition coefficient (Wildman–Crippen LogP) is -0.644. The molecule has 0 saturated carbocycles. The normalized spacial score (nSPS) is 12.2. The van der Waals surface area contributed by atoms with E-state index < -0.39 is 25.3 Å². The van der Waals surface area contributed by atoms with Crippen LogP contribution < -0.4 is 0 Å². The molecule has 0 rings (SSSR count). The average Bonchev–Trinajstić information content (AvgIpc) is 1.14. The molecule has 0 aliphatic carbocycles. The molecule has 10 heavy (non-hydrogen) atoms. The van der Waals surface area contributed by atoms with Gasteiger partial charge >= 0.3 is 0 Å². The number of hydrogen-bond acceptors (Lipinski definition) is 4. The van der Waals surface area contributed by atoms with Crippen LogP contribution in [-0.4, -0.2) is 31.0 Å². The molecule has 0 atom stereocenters. The van der Waals surface area contributed by atoms with E-state index in [4.69, 9.17) is 9.11 Å². The molecule has 64 valence electrons. The van der Waals surface area contributed by atoms with Crippen molar-refractivity contribution in [3.05, 3.63) is 0 Å². The maximum absolute atomic E-state index is 9.66. The number of rotatable bonds is 2. The van der Waals surface area contributed by atoms with Gasteiger partial charge in [-0.15, -0.1) is 0 Å². The molecule has 0 saturated heterocycles. The van der Waals surface area contributed by atoms with Crippen molar-refractivity contribution in [1.29, 1.82) is 0 Å². The van der Waals surface area contributed by atoms with Crippen LogP contribution in [0.1, 0.15) is 7.43 Å². The van der Waals surface area contributed by atoms with Gasteiger partial charge in [-0.2, -0.15) is 16.8 Å². The van der Waals surface area contributed by atoms with Crippen LogP contribution >= 0.6 is 0 Å². The molecule has 2 N–H and O–H groups in total. The van der Waals surface area contributed by atoms with E-state index in [1.165, 1.54) is 0 Å². The monoisotopic (exact) mass is 192 g/mol. The lowest BCUT2D eigenvalue weighted by Crippen LogP contribution is -2.13. The Hall–Kier alpha value is -0.180. The van der Waals surface area contributed by atoms with Gasteiger partial charge in [0.25, 0.3) is 20.2 Å². The number of hydrogen-bond donors (Lipinski definition) is 2. The van der Waals surface area contributed by atoms with Crippen LogP contribution in [0.25, 0.3) is 0 Å². The Bertz CT molecular complexity index is 239. The minimum Gasteiger partial charge on any atom is -0.285 e. The van der Waals surface area contributed by atoms with E-state index in [-0.39, 0.29) is 7.43 Å². The Labute approximate surface area is 59.4 Å². The van der Waals surface area contributed by atoms with E-state index >= 15 is 0 Å². The summed E-state index contributed by atoms with van der Waals surface area (Å²) in [4.78, 5) is 0. The summed E-state index contributed by atoms with van der Waals surface area (Å²) in [5, 5.41) is -1.65. The molecule has 0 spiro atoms. The van der Waals surface area contributed by atoms with Gasteiger partial charge in [0, 0.05) is 0 Å². The summed E-state index contributed by atoms with van der Waals surface area (Å²) in [6, 6.07) is 0. The summed E-state index contributed by atoms with van der Waals surface area (Å²) in [7, 11) is -9.24. The van der Waals surface area contributed by atoms with E-state index in [9.17, 15) is 16.8 Å². The second-order valence-electron chi connectivity index (χ2n) is 1.28. The summed E-state index contributed by atoms with van der Waals surface area (Å²) in [5.41, 5.74) is 0. The molecule has 0 aliphatic heterocycles. The Morgan fingerprint density at radius 1 is 0.900 bits per heavy atom. The Kier molecular flexibility index (Phi) is 4.10. The largest absolute Gasteiger partial charge is 0.285 e. The van der Waals surface area contributed by atoms with Gasteiger partial charge in [-0.05, 0) is 0 Å². The standard InChI is InChI=1S/CH4O6S2.CH4/c2-8(3,4)1-9(5,6)7;/h1H2,(H,2,3,4)(H,5,6,7);1H4. The van der Waals surface area contributed by atoms with Crippen LogP contribution in [0.4, 0.5) is 0 Å². The zero-order valence-electron chi connectivity index (χ0n) is 4.05. The fraction of sp³-hybridized carbons (Fsp3) is 1.00. The van der Waals surface area contributed by atoms with Gasteiger partial charge in [-0.25, -0.2) is 0 Å². The lowest BCUT2D eigenvalue weighted by atomic mass is 11.9. The second kappa shape index (κ2) is 3.28. The first-order chi connectivity index (χ1) is 3.71. The van der Waals surface area contributed by atoms with E-state index in [0.717, 1.165) is 0 Å². The molecule has 0 fully saturated rings. The quantitative estimate of drug-likeness (QED) is 0.563. The zero-order valence-corrected chi connectivity index (χ0v) is 5.68. The van der Waals surface area contributed by atoms with Crippen molar-refractivity contribution in [2.24, 2.45) is 0 Å². The van der Waals surface area contributed by atoms with Crippen molar-refractivity contribution < 1.29 is 25.9 Å². The molecule has 0 aromatic rings. The van der Waals surface area contributed by atoms with Gasteiger partial charge in [0.2, 0.25) is 5.08 Å². The summed E-state index contributed by atoms with van der Waals surface area (Å²) < 4.78 is 54.2. The molecule has 6 nitrogen and oxygen atoms in total. The third-order valence-electron chi connectivity index (χ3n) is 0.298. The van der Waals surface area contributed by atoms with Crippen LogP contribution in [0.3, 0.4) is 0 Å². The fourth-order valence-electron chi connectivity index (χ4n) is 0.188. The lowest BCUT2D eigenvalue weighted by Gasteiger charge is -1.89. The fourth-order valence-corrected chi connectivity index (χ4v) is 1.69. The SMILES string of the molecule is C.O=S(=O)(O)CS(=O)(=O)O. The molecule has 0 heterocycles. The van der Waals surface area contributed by atoms with E-state index in [0.29, 0.717) is 0 Å². The smallest absolute Gasteiger partial charge is 0.281 e. The molecule has 0 bridgehead atoms. The third kappa shape index (κ3) is 10.7. The Morgan fingerprint density at radius 2 is 1.10 bits per heavy atom. The van der Waals surface area contributed by atoms with Gasteiger partial charge in [0.1, 0.15) is 0 Å². The van der Waals surface area contributed by atoms with Crippen molar-refractivity contribution >= 4 is 20.2 Å². The highest BCUT2D eigenvalue weighted by atomic mass is 32.3. The van der Waals surface area contributed by atoms with Gasteiger partial charge in [0.05, 0.1) is 0 Å². The highest BCUT2D eigenvalue weighted by molar-refractivity contribution is 8.02. The van der Waals surface area contributed by atoms with Crippen molar-refractivity contribution in [1.82, 2.24) is 0 Å². The van der Waals surface area contributed by atoms with Gasteiger partial charge < -0.3 is 0 Å². The molecule has 0 aliphatic rings. The van der Waals surface area contributed by atoms with E-state index in [1.54, 1.807) is 0 Å². The summed E-state index contributed by atoms with van der Waals surface area (Å²) in [5.74, 6) is 0. The maximum Gasteiger partial charge on any atom is 0.281 e. The Morgan fingerprint density at radius 3 is 1.10 bits per heavy atom. The first-order valence-electron chi connectivity index (χ1n) is 1.61. The molecule has 0 radical (unpaired) electrons. The summed E-state index contributed by atoms with van der Waals surface area (Å²) in [6.45, 7) is 0. The van der Waals surface area contributed by atoms with Crippen molar-refractivity contribution in [3.8, 4) is 0 Å². The first kappa shape index (κ1) is 12.5. The molecule has 0 aromatic carbocycles. The molecule has 0 amide bonds. The minimum absolute atomic E-state index is 0. The summed E-state index contributed by atoms with van der Waals surface area (Å²) in [6.07, 6.45) is 0.